The highest BCUT2D eigenvalue weighted by molar-refractivity contribution is 5.79. The Morgan fingerprint density at radius 3 is 2.44 bits per heavy atom. The molecule has 18 heavy (non-hydrogen) atoms. The normalized spacial score (nSPS) is 11.4. The standard InChI is InChI=1S/C12H13N3O3/c1-12(2,11(17)18)10-7-15(14-13-10)8-3-5-9(16)6-4-8/h3-7,16H,1-2H3,(H,17,18). The van der Waals surface area contributed by atoms with E-state index in [2.05, 4.69) is 10.3 Å². The van der Waals surface area contributed by atoms with E-state index in [-0.39, 0.29) is 5.75 Å². The van der Waals surface area contributed by atoms with E-state index in [1.54, 1.807) is 32.2 Å². The summed E-state index contributed by atoms with van der Waals surface area (Å²) in [6.07, 6.45) is 1.57. The molecule has 0 saturated carbocycles. The summed E-state index contributed by atoms with van der Waals surface area (Å²) >= 11 is 0. The molecule has 0 aliphatic carbocycles. The maximum atomic E-state index is 11.1. The van der Waals surface area contributed by atoms with Gasteiger partial charge in [0, 0.05) is 0 Å². The molecule has 0 aliphatic heterocycles. The number of aromatic hydroxyl groups is 1. The van der Waals surface area contributed by atoms with Gasteiger partial charge in [0.1, 0.15) is 11.2 Å². The van der Waals surface area contributed by atoms with E-state index < -0.39 is 11.4 Å². The molecule has 0 radical (unpaired) electrons. The van der Waals surface area contributed by atoms with Gasteiger partial charge >= 0.3 is 5.97 Å². The number of carbonyl (C=O) groups is 1. The molecule has 2 rings (SSSR count). The zero-order valence-corrected chi connectivity index (χ0v) is 10.0. The Kier molecular flexibility index (Phi) is 2.78. The zero-order valence-electron chi connectivity index (χ0n) is 10.0. The van der Waals surface area contributed by atoms with Crippen LogP contribution in [0.4, 0.5) is 0 Å². The molecule has 0 fully saturated rings. The van der Waals surface area contributed by atoms with Gasteiger partial charge in [-0.2, -0.15) is 0 Å². The quantitative estimate of drug-likeness (QED) is 0.854. The minimum absolute atomic E-state index is 0.157. The Labute approximate surface area is 103 Å². The van der Waals surface area contributed by atoms with Crippen molar-refractivity contribution in [3.8, 4) is 11.4 Å². The van der Waals surface area contributed by atoms with Crippen LogP contribution in [0.25, 0.3) is 5.69 Å². The van der Waals surface area contributed by atoms with Gasteiger partial charge in [0.2, 0.25) is 0 Å². The fraction of sp³-hybridized carbons (Fsp3) is 0.250. The van der Waals surface area contributed by atoms with Crippen LogP contribution in [0.2, 0.25) is 0 Å². The van der Waals surface area contributed by atoms with Crippen molar-refractivity contribution in [3.05, 3.63) is 36.2 Å². The molecule has 1 aromatic heterocycles. The van der Waals surface area contributed by atoms with Crippen LogP contribution in [0, 0.1) is 0 Å². The monoisotopic (exact) mass is 247 g/mol. The molecule has 2 N–H and O–H groups in total. The number of aliphatic carboxylic acids is 1. The summed E-state index contributed by atoms with van der Waals surface area (Å²) in [6.45, 7) is 3.14. The summed E-state index contributed by atoms with van der Waals surface area (Å²) in [5.74, 6) is -0.801. The molecule has 0 atom stereocenters. The van der Waals surface area contributed by atoms with Gasteiger partial charge in [-0.15, -0.1) is 5.10 Å². The molecule has 0 bridgehead atoms. The van der Waals surface area contributed by atoms with Crippen molar-refractivity contribution in [2.45, 2.75) is 19.3 Å². The Morgan fingerprint density at radius 2 is 1.89 bits per heavy atom. The van der Waals surface area contributed by atoms with E-state index in [1.807, 2.05) is 0 Å². The average molecular weight is 247 g/mol. The molecule has 0 spiro atoms. The molecule has 0 amide bonds. The predicted molar refractivity (Wildman–Crippen MR) is 63.7 cm³/mol. The average Bonchev–Trinajstić information content (AvgIpc) is 2.79. The Bertz CT molecular complexity index is 573. The van der Waals surface area contributed by atoms with Crippen LogP contribution >= 0.6 is 0 Å². The second kappa shape index (κ2) is 4.14. The summed E-state index contributed by atoms with van der Waals surface area (Å²) in [7, 11) is 0. The second-order valence-corrected chi connectivity index (χ2v) is 4.49. The van der Waals surface area contributed by atoms with Gasteiger partial charge in [-0.3, -0.25) is 4.79 Å². The van der Waals surface area contributed by atoms with Crippen molar-refractivity contribution >= 4 is 5.97 Å². The highest BCUT2D eigenvalue weighted by Crippen LogP contribution is 2.22. The summed E-state index contributed by atoms with van der Waals surface area (Å²) < 4.78 is 1.47. The van der Waals surface area contributed by atoms with Gasteiger partial charge in [-0.25, -0.2) is 4.68 Å². The van der Waals surface area contributed by atoms with Crippen LogP contribution < -0.4 is 0 Å². The third kappa shape index (κ3) is 2.04. The van der Waals surface area contributed by atoms with Crippen molar-refractivity contribution in [2.75, 3.05) is 0 Å². The van der Waals surface area contributed by atoms with E-state index in [4.69, 9.17) is 5.11 Å². The molecular formula is C12H13N3O3. The van der Waals surface area contributed by atoms with Crippen molar-refractivity contribution in [1.29, 1.82) is 0 Å². The minimum Gasteiger partial charge on any atom is -0.508 e. The first-order valence-electron chi connectivity index (χ1n) is 5.37. The lowest BCUT2D eigenvalue weighted by molar-refractivity contribution is -0.142. The van der Waals surface area contributed by atoms with Crippen LogP contribution in [-0.2, 0) is 10.2 Å². The molecule has 6 heteroatoms. The predicted octanol–water partition coefficient (Wildman–Crippen LogP) is 1.34. The first kappa shape index (κ1) is 12.1. The molecule has 6 nitrogen and oxygen atoms in total. The highest BCUT2D eigenvalue weighted by atomic mass is 16.4. The van der Waals surface area contributed by atoms with Gasteiger partial charge in [-0.1, -0.05) is 5.21 Å². The second-order valence-electron chi connectivity index (χ2n) is 4.49. The summed E-state index contributed by atoms with van der Waals surface area (Å²) in [6, 6.07) is 6.39. The number of carboxylic acid groups (broad SMARTS) is 1. The molecule has 0 unspecified atom stereocenters. The molecule has 2 aromatic rings. The van der Waals surface area contributed by atoms with Gasteiger partial charge in [0.15, 0.2) is 0 Å². The number of nitrogens with zero attached hydrogens (tertiary/aromatic N) is 3. The van der Waals surface area contributed by atoms with E-state index in [1.165, 1.54) is 16.8 Å². The fourth-order valence-corrected chi connectivity index (χ4v) is 1.39. The van der Waals surface area contributed by atoms with Crippen molar-refractivity contribution < 1.29 is 15.0 Å². The van der Waals surface area contributed by atoms with Crippen LogP contribution in [0.1, 0.15) is 19.5 Å². The summed E-state index contributed by atoms with van der Waals surface area (Å²) in [4.78, 5) is 11.1. The smallest absolute Gasteiger partial charge is 0.315 e. The Morgan fingerprint density at radius 1 is 1.28 bits per heavy atom. The first-order chi connectivity index (χ1) is 8.41. The maximum Gasteiger partial charge on any atom is 0.315 e. The van der Waals surface area contributed by atoms with Crippen molar-refractivity contribution in [1.82, 2.24) is 15.0 Å². The van der Waals surface area contributed by atoms with E-state index in [9.17, 15) is 9.90 Å². The number of rotatable bonds is 3. The lowest BCUT2D eigenvalue weighted by Crippen LogP contribution is -2.28. The molecule has 0 aliphatic rings. The molecule has 1 heterocycles. The first-order valence-corrected chi connectivity index (χ1v) is 5.37. The number of hydrogen-bond donors (Lipinski definition) is 2. The van der Waals surface area contributed by atoms with Crippen LogP contribution in [-0.4, -0.2) is 31.2 Å². The minimum atomic E-state index is -1.09. The fourth-order valence-electron chi connectivity index (χ4n) is 1.39. The molecule has 0 saturated heterocycles. The number of phenolic OH excluding ortho intramolecular Hbond substituents is 1. The molecule has 94 valence electrons. The largest absolute Gasteiger partial charge is 0.508 e. The Hall–Kier alpha value is -2.37. The van der Waals surface area contributed by atoms with E-state index >= 15 is 0 Å². The zero-order chi connectivity index (χ0) is 13.3. The van der Waals surface area contributed by atoms with E-state index in [0.29, 0.717) is 11.4 Å². The van der Waals surface area contributed by atoms with Crippen LogP contribution in [0.5, 0.6) is 5.75 Å². The van der Waals surface area contributed by atoms with E-state index in [0.717, 1.165) is 0 Å². The summed E-state index contributed by atoms with van der Waals surface area (Å²) in [5.41, 5.74) is -0.00867. The van der Waals surface area contributed by atoms with Crippen LogP contribution in [0.3, 0.4) is 0 Å². The number of hydrogen-bond acceptors (Lipinski definition) is 4. The lowest BCUT2D eigenvalue weighted by Gasteiger charge is -2.14. The highest BCUT2D eigenvalue weighted by Gasteiger charge is 2.32. The number of carboxylic acids is 1. The lowest BCUT2D eigenvalue weighted by atomic mass is 9.90. The van der Waals surface area contributed by atoms with Crippen LogP contribution in [0.15, 0.2) is 30.5 Å². The van der Waals surface area contributed by atoms with Gasteiger partial charge < -0.3 is 10.2 Å². The Balaban J connectivity index is 2.37. The number of aromatic nitrogens is 3. The number of benzene rings is 1. The van der Waals surface area contributed by atoms with Gasteiger partial charge in [0.05, 0.1) is 17.6 Å². The van der Waals surface area contributed by atoms with Gasteiger partial charge in [-0.05, 0) is 38.1 Å². The SMILES string of the molecule is CC(C)(C(=O)O)c1cn(-c2ccc(O)cc2)nn1. The topological polar surface area (TPSA) is 88.2 Å². The maximum absolute atomic E-state index is 11.1. The third-order valence-corrected chi connectivity index (χ3v) is 2.78. The van der Waals surface area contributed by atoms with Crippen molar-refractivity contribution in [3.63, 3.8) is 0 Å². The van der Waals surface area contributed by atoms with Gasteiger partial charge in [0.25, 0.3) is 0 Å². The number of phenols is 1. The molecule has 1 aromatic carbocycles. The third-order valence-electron chi connectivity index (χ3n) is 2.78. The molecular weight excluding hydrogens is 234 g/mol. The summed E-state index contributed by atoms with van der Waals surface area (Å²) in [5, 5.41) is 26.1. The van der Waals surface area contributed by atoms with Crippen molar-refractivity contribution in [2.24, 2.45) is 0 Å².